The van der Waals surface area contributed by atoms with Crippen molar-refractivity contribution in [3.05, 3.63) is 33.8 Å². The third kappa shape index (κ3) is 2.06. The van der Waals surface area contributed by atoms with E-state index in [0.717, 1.165) is 15.6 Å². The lowest BCUT2D eigenvalue weighted by molar-refractivity contribution is -0.139. The average molecular weight is 271 g/mol. The molecule has 0 aliphatic heterocycles. The zero-order chi connectivity index (χ0) is 11.0. The summed E-state index contributed by atoms with van der Waals surface area (Å²) in [5, 5.41) is 18.6. The summed E-state index contributed by atoms with van der Waals surface area (Å²) >= 11 is 3.34. The van der Waals surface area contributed by atoms with Crippen molar-refractivity contribution in [2.75, 3.05) is 0 Å². The van der Waals surface area contributed by atoms with Gasteiger partial charge in [-0.15, -0.1) is 0 Å². The van der Waals surface area contributed by atoms with Gasteiger partial charge in [0.05, 0.1) is 12.5 Å². The second-order valence-corrected chi connectivity index (χ2v) is 4.77. The van der Waals surface area contributed by atoms with E-state index in [-0.39, 0.29) is 12.3 Å². The fourth-order valence-corrected chi connectivity index (χ4v) is 2.46. The number of aliphatic carboxylic acids is 1. The van der Waals surface area contributed by atoms with Gasteiger partial charge in [-0.05, 0) is 29.7 Å². The lowest BCUT2D eigenvalue weighted by Crippen LogP contribution is -2.12. The summed E-state index contributed by atoms with van der Waals surface area (Å²) in [6, 6.07) is 5.71. The zero-order valence-corrected chi connectivity index (χ0v) is 9.57. The van der Waals surface area contributed by atoms with Gasteiger partial charge in [0.25, 0.3) is 0 Å². The van der Waals surface area contributed by atoms with Crippen LogP contribution in [0, 0.1) is 5.92 Å². The van der Waals surface area contributed by atoms with Crippen LogP contribution in [0.2, 0.25) is 0 Å². The second kappa shape index (κ2) is 3.94. The minimum atomic E-state index is -0.856. The molecule has 15 heavy (non-hydrogen) atoms. The smallest absolute Gasteiger partial charge is 0.303 e. The SMILES string of the molecule is O=C(O)CC1Cc2ccc(Br)cc2C1O. The number of fused-ring (bicyclic) bond motifs is 1. The normalized spacial score (nSPS) is 23.9. The number of aliphatic hydroxyl groups is 1. The molecule has 1 aliphatic rings. The van der Waals surface area contributed by atoms with Gasteiger partial charge in [0, 0.05) is 10.4 Å². The van der Waals surface area contributed by atoms with Gasteiger partial charge in [-0.2, -0.15) is 0 Å². The molecule has 1 aliphatic carbocycles. The van der Waals surface area contributed by atoms with Gasteiger partial charge in [0.1, 0.15) is 0 Å². The number of benzene rings is 1. The highest BCUT2D eigenvalue weighted by atomic mass is 79.9. The lowest BCUT2D eigenvalue weighted by Gasteiger charge is -2.11. The van der Waals surface area contributed by atoms with Crippen molar-refractivity contribution >= 4 is 21.9 Å². The van der Waals surface area contributed by atoms with Gasteiger partial charge in [0.15, 0.2) is 0 Å². The first-order valence-corrected chi connectivity index (χ1v) is 5.55. The molecular formula is C11H11BrO3. The molecule has 0 radical (unpaired) electrons. The summed E-state index contributed by atoms with van der Waals surface area (Å²) < 4.78 is 0.913. The topological polar surface area (TPSA) is 57.5 Å². The highest BCUT2D eigenvalue weighted by Gasteiger charge is 2.32. The summed E-state index contributed by atoms with van der Waals surface area (Å²) in [5.41, 5.74) is 1.91. The van der Waals surface area contributed by atoms with E-state index in [1.54, 1.807) is 0 Å². The van der Waals surface area contributed by atoms with Gasteiger partial charge in [0.2, 0.25) is 0 Å². The Bertz CT molecular complexity index is 403. The van der Waals surface area contributed by atoms with Crippen LogP contribution in [-0.4, -0.2) is 16.2 Å². The Balaban J connectivity index is 2.25. The number of carboxylic acids is 1. The number of rotatable bonds is 2. The maximum absolute atomic E-state index is 10.6. The average Bonchev–Trinajstić information content (AvgIpc) is 2.44. The molecule has 2 rings (SSSR count). The zero-order valence-electron chi connectivity index (χ0n) is 7.98. The van der Waals surface area contributed by atoms with Crippen molar-refractivity contribution in [2.45, 2.75) is 18.9 Å². The number of hydrogen-bond donors (Lipinski definition) is 2. The molecule has 3 nitrogen and oxygen atoms in total. The third-order valence-electron chi connectivity index (χ3n) is 2.79. The van der Waals surface area contributed by atoms with Crippen molar-refractivity contribution in [1.29, 1.82) is 0 Å². The number of carboxylic acid groups (broad SMARTS) is 1. The van der Waals surface area contributed by atoms with Crippen LogP contribution in [0.4, 0.5) is 0 Å². The van der Waals surface area contributed by atoms with Gasteiger partial charge in [-0.1, -0.05) is 22.0 Å². The maximum Gasteiger partial charge on any atom is 0.303 e. The summed E-state index contributed by atoms with van der Waals surface area (Å²) in [6.45, 7) is 0. The standard InChI is InChI=1S/C11H11BrO3/c12-8-2-1-6-3-7(4-10(13)14)11(15)9(6)5-8/h1-2,5,7,11,15H,3-4H2,(H,13,14). The van der Waals surface area contributed by atoms with Crippen LogP contribution in [0.5, 0.6) is 0 Å². The van der Waals surface area contributed by atoms with Crippen molar-refractivity contribution in [1.82, 2.24) is 0 Å². The molecule has 2 unspecified atom stereocenters. The molecule has 0 saturated heterocycles. The van der Waals surface area contributed by atoms with E-state index < -0.39 is 12.1 Å². The van der Waals surface area contributed by atoms with Crippen LogP contribution in [0.3, 0.4) is 0 Å². The molecule has 0 bridgehead atoms. The molecular weight excluding hydrogens is 260 g/mol. The lowest BCUT2D eigenvalue weighted by atomic mass is 10.00. The molecule has 0 aromatic heterocycles. The summed E-state index contributed by atoms with van der Waals surface area (Å²) in [4.78, 5) is 10.6. The first kappa shape index (κ1) is 10.6. The highest BCUT2D eigenvalue weighted by molar-refractivity contribution is 9.10. The molecule has 2 N–H and O–H groups in total. The van der Waals surface area contributed by atoms with E-state index in [9.17, 15) is 9.90 Å². The van der Waals surface area contributed by atoms with Gasteiger partial charge in [-0.25, -0.2) is 0 Å². The van der Waals surface area contributed by atoms with E-state index in [2.05, 4.69) is 15.9 Å². The Kier molecular flexibility index (Phi) is 2.80. The molecule has 4 heteroatoms. The number of carbonyl (C=O) groups is 1. The Morgan fingerprint density at radius 2 is 2.27 bits per heavy atom. The van der Waals surface area contributed by atoms with E-state index in [1.165, 1.54) is 0 Å². The molecule has 1 aromatic rings. The van der Waals surface area contributed by atoms with Crippen LogP contribution in [0.15, 0.2) is 22.7 Å². The van der Waals surface area contributed by atoms with Gasteiger partial charge < -0.3 is 10.2 Å². The van der Waals surface area contributed by atoms with Crippen molar-refractivity contribution in [2.24, 2.45) is 5.92 Å². The van der Waals surface area contributed by atoms with Crippen LogP contribution < -0.4 is 0 Å². The van der Waals surface area contributed by atoms with E-state index in [4.69, 9.17) is 5.11 Å². The van der Waals surface area contributed by atoms with E-state index in [0.29, 0.717) is 6.42 Å². The van der Waals surface area contributed by atoms with Gasteiger partial charge >= 0.3 is 5.97 Å². The van der Waals surface area contributed by atoms with E-state index in [1.807, 2.05) is 18.2 Å². The Morgan fingerprint density at radius 3 is 2.93 bits per heavy atom. The first-order chi connectivity index (χ1) is 7.08. The fraction of sp³-hybridized carbons (Fsp3) is 0.364. The number of hydrogen-bond acceptors (Lipinski definition) is 2. The minimum Gasteiger partial charge on any atom is -0.481 e. The van der Waals surface area contributed by atoms with E-state index >= 15 is 0 Å². The largest absolute Gasteiger partial charge is 0.481 e. The Morgan fingerprint density at radius 1 is 1.53 bits per heavy atom. The second-order valence-electron chi connectivity index (χ2n) is 3.85. The highest BCUT2D eigenvalue weighted by Crippen LogP contribution is 2.38. The fourth-order valence-electron chi connectivity index (χ4n) is 2.08. The monoisotopic (exact) mass is 270 g/mol. The molecule has 80 valence electrons. The quantitative estimate of drug-likeness (QED) is 0.866. The molecule has 0 amide bonds. The molecule has 0 saturated carbocycles. The number of halogens is 1. The van der Waals surface area contributed by atoms with Crippen molar-refractivity contribution in [3.8, 4) is 0 Å². The Labute approximate surface area is 95.9 Å². The molecule has 1 aromatic carbocycles. The predicted molar refractivity (Wildman–Crippen MR) is 58.5 cm³/mol. The summed E-state index contributed by atoms with van der Waals surface area (Å²) in [6.07, 6.45) is 0.0254. The molecule has 2 atom stereocenters. The number of aliphatic hydroxyl groups excluding tert-OH is 1. The van der Waals surface area contributed by atoms with Crippen LogP contribution >= 0.6 is 15.9 Å². The van der Waals surface area contributed by atoms with Crippen LogP contribution in [0.1, 0.15) is 23.7 Å². The van der Waals surface area contributed by atoms with Gasteiger partial charge in [-0.3, -0.25) is 4.79 Å². The molecule has 0 heterocycles. The summed E-state index contributed by atoms with van der Waals surface area (Å²) in [5.74, 6) is -1.04. The van der Waals surface area contributed by atoms with Crippen LogP contribution in [-0.2, 0) is 11.2 Å². The molecule has 0 fully saturated rings. The molecule has 0 spiro atoms. The summed E-state index contributed by atoms with van der Waals surface area (Å²) in [7, 11) is 0. The Hall–Kier alpha value is -0.870. The van der Waals surface area contributed by atoms with Crippen LogP contribution in [0.25, 0.3) is 0 Å². The van der Waals surface area contributed by atoms with Crippen molar-refractivity contribution in [3.63, 3.8) is 0 Å². The maximum atomic E-state index is 10.6. The predicted octanol–water partition coefficient (Wildman–Crippen LogP) is 2.13. The minimum absolute atomic E-state index is 0.0213. The third-order valence-corrected chi connectivity index (χ3v) is 3.29. The van der Waals surface area contributed by atoms with Crippen molar-refractivity contribution < 1.29 is 15.0 Å². The first-order valence-electron chi connectivity index (χ1n) is 4.76.